The molecule has 2 aromatic heterocycles. The van der Waals surface area contributed by atoms with Crippen molar-refractivity contribution in [2.75, 3.05) is 6.54 Å². The van der Waals surface area contributed by atoms with Crippen molar-refractivity contribution in [3.63, 3.8) is 0 Å². The molecule has 142 valence electrons. The number of carbonyl (C=O) groups is 1. The number of aromatic nitrogens is 3. The topological polar surface area (TPSA) is 72.1 Å². The van der Waals surface area contributed by atoms with Crippen LogP contribution in [-0.4, -0.2) is 32.5 Å². The molecule has 4 rings (SSSR count). The minimum atomic E-state index is -0.0462. The molecule has 28 heavy (non-hydrogen) atoms. The first-order chi connectivity index (χ1) is 13.6. The average Bonchev–Trinajstić information content (AvgIpc) is 3.34. The van der Waals surface area contributed by atoms with Gasteiger partial charge in [-0.1, -0.05) is 35.5 Å². The summed E-state index contributed by atoms with van der Waals surface area (Å²) in [5.74, 6) is 1.29. The first-order valence-corrected chi connectivity index (χ1v) is 9.43. The predicted molar refractivity (Wildman–Crippen MR) is 106 cm³/mol. The van der Waals surface area contributed by atoms with E-state index < -0.39 is 0 Å². The van der Waals surface area contributed by atoms with Crippen LogP contribution < -0.4 is 0 Å². The molecule has 1 fully saturated rings. The SMILES string of the molecule is Cc1noc(C)c1-c1nccc([C@H]2CCCN2C(=O)/C=C/c2ccccc2)n1. The lowest BCUT2D eigenvalue weighted by Crippen LogP contribution is -2.29. The zero-order chi connectivity index (χ0) is 19.5. The van der Waals surface area contributed by atoms with E-state index in [9.17, 15) is 4.79 Å². The summed E-state index contributed by atoms with van der Waals surface area (Å²) in [6.45, 7) is 4.46. The Morgan fingerprint density at radius 1 is 1.21 bits per heavy atom. The van der Waals surface area contributed by atoms with Crippen molar-refractivity contribution in [1.29, 1.82) is 0 Å². The number of amides is 1. The second-order valence-electron chi connectivity index (χ2n) is 6.94. The minimum Gasteiger partial charge on any atom is -0.361 e. The van der Waals surface area contributed by atoms with Crippen LogP contribution in [0.15, 0.2) is 53.2 Å². The monoisotopic (exact) mass is 374 g/mol. The van der Waals surface area contributed by atoms with Crippen LogP contribution in [0.5, 0.6) is 0 Å². The van der Waals surface area contributed by atoms with E-state index in [4.69, 9.17) is 9.51 Å². The molecule has 0 aliphatic carbocycles. The van der Waals surface area contributed by atoms with Gasteiger partial charge in [0, 0.05) is 18.8 Å². The predicted octanol–water partition coefficient (Wildman–Crippen LogP) is 4.13. The third-order valence-electron chi connectivity index (χ3n) is 5.03. The van der Waals surface area contributed by atoms with Crippen molar-refractivity contribution in [2.24, 2.45) is 0 Å². The number of rotatable bonds is 4. The standard InChI is InChI=1S/C22H22N4O2/c1-15-21(16(2)28-25-15)22-23-13-12-18(24-22)19-9-6-14-26(19)20(27)11-10-17-7-4-3-5-8-17/h3-5,7-8,10-13,19H,6,9,14H2,1-2H3/b11-10+/t19-/m1/s1. The van der Waals surface area contributed by atoms with Crippen LogP contribution in [0.2, 0.25) is 0 Å². The minimum absolute atomic E-state index is 0.00357. The van der Waals surface area contributed by atoms with E-state index in [0.717, 1.165) is 41.9 Å². The van der Waals surface area contributed by atoms with Crippen LogP contribution in [0.25, 0.3) is 17.5 Å². The number of aryl methyl sites for hydroxylation is 2. The molecule has 3 heterocycles. The highest BCUT2D eigenvalue weighted by Gasteiger charge is 2.30. The Labute approximate surface area is 163 Å². The van der Waals surface area contributed by atoms with E-state index in [1.54, 1.807) is 12.3 Å². The van der Waals surface area contributed by atoms with Gasteiger partial charge >= 0.3 is 0 Å². The molecular formula is C22H22N4O2. The molecule has 1 aromatic carbocycles. The van der Waals surface area contributed by atoms with E-state index in [2.05, 4.69) is 10.1 Å². The molecule has 0 unspecified atom stereocenters. The Bertz CT molecular complexity index is 991. The smallest absolute Gasteiger partial charge is 0.247 e. The molecule has 1 aliphatic rings. The fraction of sp³-hybridized carbons (Fsp3) is 0.273. The van der Waals surface area contributed by atoms with Gasteiger partial charge < -0.3 is 9.42 Å². The summed E-state index contributed by atoms with van der Waals surface area (Å²) in [7, 11) is 0. The summed E-state index contributed by atoms with van der Waals surface area (Å²) >= 11 is 0. The molecule has 1 saturated heterocycles. The second-order valence-corrected chi connectivity index (χ2v) is 6.94. The Hall–Kier alpha value is -3.28. The van der Waals surface area contributed by atoms with Gasteiger partial charge in [-0.05, 0) is 44.4 Å². The van der Waals surface area contributed by atoms with Crippen LogP contribution in [0.1, 0.15) is 41.6 Å². The van der Waals surface area contributed by atoms with Gasteiger partial charge in [-0.2, -0.15) is 0 Å². The van der Waals surface area contributed by atoms with Crippen LogP contribution in [0.3, 0.4) is 0 Å². The first-order valence-electron chi connectivity index (χ1n) is 9.43. The van der Waals surface area contributed by atoms with Gasteiger partial charge in [-0.3, -0.25) is 4.79 Å². The summed E-state index contributed by atoms with van der Waals surface area (Å²) in [6, 6.07) is 11.7. The van der Waals surface area contributed by atoms with Crippen LogP contribution in [0.4, 0.5) is 0 Å². The normalized spacial score (nSPS) is 16.8. The van der Waals surface area contributed by atoms with Crippen LogP contribution in [0, 0.1) is 13.8 Å². The van der Waals surface area contributed by atoms with Gasteiger partial charge in [0.25, 0.3) is 0 Å². The highest BCUT2D eigenvalue weighted by molar-refractivity contribution is 5.92. The molecule has 1 atom stereocenters. The molecule has 6 nitrogen and oxygen atoms in total. The van der Waals surface area contributed by atoms with E-state index in [0.29, 0.717) is 11.6 Å². The third-order valence-corrected chi connectivity index (χ3v) is 5.03. The van der Waals surface area contributed by atoms with Crippen LogP contribution in [-0.2, 0) is 4.79 Å². The number of benzene rings is 1. The average molecular weight is 374 g/mol. The maximum Gasteiger partial charge on any atom is 0.247 e. The van der Waals surface area contributed by atoms with Crippen LogP contribution >= 0.6 is 0 Å². The number of likely N-dealkylation sites (tertiary alicyclic amines) is 1. The molecule has 0 saturated carbocycles. The summed E-state index contributed by atoms with van der Waals surface area (Å²) in [5.41, 5.74) is 3.44. The third kappa shape index (κ3) is 3.58. The Kier molecular flexibility index (Phi) is 5.02. The van der Waals surface area contributed by atoms with Gasteiger partial charge in [0.2, 0.25) is 5.91 Å². The fourth-order valence-corrected chi connectivity index (χ4v) is 3.65. The maximum atomic E-state index is 12.8. The number of carbonyl (C=O) groups excluding carboxylic acids is 1. The van der Waals surface area contributed by atoms with Crippen molar-refractivity contribution >= 4 is 12.0 Å². The van der Waals surface area contributed by atoms with E-state index >= 15 is 0 Å². The molecule has 0 bridgehead atoms. The largest absolute Gasteiger partial charge is 0.361 e. The summed E-state index contributed by atoms with van der Waals surface area (Å²) in [6.07, 6.45) is 7.09. The van der Waals surface area contributed by atoms with Crippen molar-refractivity contribution in [1.82, 2.24) is 20.0 Å². The van der Waals surface area contributed by atoms with E-state index in [1.807, 2.05) is 61.2 Å². The summed E-state index contributed by atoms with van der Waals surface area (Å²) < 4.78 is 5.24. The zero-order valence-corrected chi connectivity index (χ0v) is 16.0. The molecule has 0 radical (unpaired) electrons. The highest BCUT2D eigenvalue weighted by atomic mass is 16.5. The molecule has 3 aromatic rings. The molecule has 6 heteroatoms. The van der Waals surface area contributed by atoms with E-state index in [-0.39, 0.29) is 11.9 Å². The number of hydrogen-bond donors (Lipinski definition) is 0. The van der Waals surface area contributed by atoms with Gasteiger partial charge in [0.05, 0.1) is 23.0 Å². The quantitative estimate of drug-likeness (QED) is 0.642. The summed E-state index contributed by atoms with van der Waals surface area (Å²) in [4.78, 5) is 23.8. The maximum absolute atomic E-state index is 12.8. The Balaban J connectivity index is 1.58. The number of nitrogens with zero attached hydrogens (tertiary/aromatic N) is 4. The Morgan fingerprint density at radius 3 is 2.79 bits per heavy atom. The van der Waals surface area contributed by atoms with E-state index in [1.165, 1.54) is 0 Å². The lowest BCUT2D eigenvalue weighted by molar-refractivity contribution is -0.126. The Morgan fingerprint density at radius 2 is 2.04 bits per heavy atom. The zero-order valence-electron chi connectivity index (χ0n) is 16.0. The number of hydrogen-bond acceptors (Lipinski definition) is 5. The first kappa shape index (κ1) is 18.1. The highest BCUT2D eigenvalue weighted by Crippen LogP contribution is 2.32. The van der Waals surface area contributed by atoms with Gasteiger partial charge in [0.15, 0.2) is 5.82 Å². The second kappa shape index (κ2) is 7.76. The molecule has 1 amide bonds. The van der Waals surface area contributed by atoms with Gasteiger partial charge in [-0.25, -0.2) is 9.97 Å². The lowest BCUT2D eigenvalue weighted by atomic mass is 10.1. The van der Waals surface area contributed by atoms with Crippen molar-refractivity contribution in [3.05, 3.63) is 71.4 Å². The fourth-order valence-electron chi connectivity index (χ4n) is 3.65. The van der Waals surface area contributed by atoms with Crippen molar-refractivity contribution < 1.29 is 9.32 Å². The molecular weight excluding hydrogens is 352 g/mol. The van der Waals surface area contributed by atoms with Crippen molar-refractivity contribution in [2.45, 2.75) is 32.7 Å². The summed E-state index contributed by atoms with van der Waals surface area (Å²) in [5, 5.41) is 3.99. The van der Waals surface area contributed by atoms with Gasteiger partial charge in [-0.15, -0.1) is 0 Å². The lowest BCUT2D eigenvalue weighted by Gasteiger charge is -2.23. The molecule has 0 spiro atoms. The van der Waals surface area contributed by atoms with Crippen molar-refractivity contribution in [3.8, 4) is 11.4 Å². The molecule has 1 aliphatic heterocycles. The van der Waals surface area contributed by atoms with Gasteiger partial charge in [0.1, 0.15) is 5.76 Å². The molecule has 0 N–H and O–H groups in total.